The van der Waals surface area contributed by atoms with Crippen molar-refractivity contribution in [3.05, 3.63) is 52.0 Å². The third-order valence-corrected chi connectivity index (χ3v) is 10.7. The number of hydrogen-bond acceptors (Lipinski definition) is 5. The smallest absolute Gasteiger partial charge is 0.260 e. The van der Waals surface area contributed by atoms with Crippen LogP contribution in [0.2, 0.25) is 5.02 Å². The topological polar surface area (TPSA) is 69.9 Å². The summed E-state index contributed by atoms with van der Waals surface area (Å²) in [4.78, 5) is 33.2. The van der Waals surface area contributed by atoms with Crippen LogP contribution in [0.25, 0.3) is 11.3 Å². The van der Waals surface area contributed by atoms with E-state index in [1.54, 1.807) is 13.0 Å². The molecule has 0 radical (unpaired) electrons. The molecule has 220 valence electrons. The Balaban J connectivity index is 1.21. The lowest BCUT2D eigenvalue weighted by molar-refractivity contribution is -0.139. The summed E-state index contributed by atoms with van der Waals surface area (Å²) in [6.45, 7) is 11.1. The molecule has 7 rings (SSSR count). The molecule has 2 amide bonds. The monoisotopic (exact) mass is 582 g/mol. The number of aromatic nitrogens is 1. The summed E-state index contributed by atoms with van der Waals surface area (Å²) in [5.41, 5.74) is 2.03. The molecule has 2 saturated carbocycles. The van der Waals surface area contributed by atoms with Crippen LogP contribution in [-0.2, 0) is 4.79 Å². The summed E-state index contributed by atoms with van der Waals surface area (Å²) in [5.74, 6) is 1.27. The minimum Gasteiger partial charge on any atom is -0.360 e. The molecule has 2 unspecified atom stereocenters. The van der Waals surface area contributed by atoms with Crippen molar-refractivity contribution < 1.29 is 18.5 Å². The average Bonchev–Trinajstić information content (AvgIpc) is 3.30. The van der Waals surface area contributed by atoms with Gasteiger partial charge in [0.1, 0.15) is 22.8 Å². The lowest BCUT2D eigenvalue weighted by atomic mass is 9.49. The molecule has 9 heteroatoms. The van der Waals surface area contributed by atoms with E-state index in [1.165, 1.54) is 24.1 Å². The van der Waals surface area contributed by atoms with Gasteiger partial charge < -0.3 is 14.3 Å². The van der Waals surface area contributed by atoms with E-state index in [0.717, 1.165) is 51.9 Å². The fraction of sp³-hybridized carbons (Fsp3) is 0.594. The highest BCUT2D eigenvalue weighted by Crippen LogP contribution is 2.59. The molecule has 2 atom stereocenters. The second kappa shape index (κ2) is 11.2. The first kappa shape index (κ1) is 28.4. The SMILES string of the molecule is Cc1onc(-c2c(F)cccc2Cl)c1C(=O)N(CCN1CCN(C(=O)C2CCC2)CC1)CC1=CCC2CC1C2(C)C. The van der Waals surface area contributed by atoms with Crippen molar-refractivity contribution >= 4 is 23.4 Å². The Labute approximate surface area is 246 Å². The van der Waals surface area contributed by atoms with Crippen LogP contribution >= 0.6 is 11.6 Å². The van der Waals surface area contributed by atoms with Gasteiger partial charge in [0.15, 0.2) is 0 Å². The van der Waals surface area contributed by atoms with E-state index in [9.17, 15) is 14.0 Å². The Morgan fingerprint density at radius 2 is 1.95 bits per heavy atom. The van der Waals surface area contributed by atoms with Crippen LogP contribution < -0.4 is 0 Å². The van der Waals surface area contributed by atoms with Crippen molar-refractivity contribution in [2.24, 2.45) is 23.2 Å². The molecule has 1 aromatic carbocycles. The molecule has 2 bridgehead atoms. The van der Waals surface area contributed by atoms with Crippen LogP contribution in [0.4, 0.5) is 4.39 Å². The zero-order valence-electron chi connectivity index (χ0n) is 24.3. The number of hydrogen-bond donors (Lipinski definition) is 0. The van der Waals surface area contributed by atoms with Gasteiger partial charge in [-0.2, -0.15) is 0 Å². The maximum absolute atomic E-state index is 14.9. The van der Waals surface area contributed by atoms with Crippen molar-refractivity contribution in [3.8, 4) is 11.3 Å². The summed E-state index contributed by atoms with van der Waals surface area (Å²) < 4.78 is 20.4. The van der Waals surface area contributed by atoms with Crippen LogP contribution in [0, 0.1) is 35.9 Å². The Kier molecular flexibility index (Phi) is 7.74. The van der Waals surface area contributed by atoms with Crippen molar-refractivity contribution in [2.75, 3.05) is 45.8 Å². The van der Waals surface area contributed by atoms with E-state index >= 15 is 0 Å². The fourth-order valence-electron chi connectivity index (χ4n) is 7.17. The van der Waals surface area contributed by atoms with Crippen molar-refractivity contribution in [2.45, 2.75) is 52.9 Å². The number of carbonyl (C=O) groups is 2. The maximum atomic E-state index is 14.9. The minimum atomic E-state index is -0.544. The lowest BCUT2D eigenvalue weighted by Gasteiger charge is -2.57. The highest BCUT2D eigenvalue weighted by Gasteiger charge is 2.51. The van der Waals surface area contributed by atoms with Gasteiger partial charge in [-0.3, -0.25) is 14.5 Å². The number of aryl methyl sites for hydroxylation is 1. The number of halogens is 2. The van der Waals surface area contributed by atoms with Crippen molar-refractivity contribution in [1.82, 2.24) is 19.9 Å². The molecule has 41 heavy (non-hydrogen) atoms. The lowest BCUT2D eigenvalue weighted by Crippen LogP contribution is -2.53. The normalized spacial score (nSPS) is 23.9. The zero-order valence-corrected chi connectivity index (χ0v) is 25.1. The predicted octanol–water partition coefficient (Wildman–Crippen LogP) is 5.82. The van der Waals surface area contributed by atoms with Crippen LogP contribution in [0.5, 0.6) is 0 Å². The van der Waals surface area contributed by atoms with E-state index in [0.29, 0.717) is 43.1 Å². The number of amides is 2. The molecule has 2 heterocycles. The van der Waals surface area contributed by atoms with E-state index in [2.05, 4.69) is 30.0 Å². The number of allylic oxidation sites excluding steroid dienone is 1. The van der Waals surface area contributed by atoms with Crippen LogP contribution in [-0.4, -0.2) is 77.5 Å². The van der Waals surface area contributed by atoms with Gasteiger partial charge in [0.2, 0.25) is 5.91 Å². The third-order valence-electron chi connectivity index (χ3n) is 10.3. The van der Waals surface area contributed by atoms with Gasteiger partial charge in [0.25, 0.3) is 5.91 Å². The number of nitrogens with zero attached hydrogens (tertiary/aromatic N) is 4. The molecule has 5 aliphatic rings. The highest BCUT2D eigenvalue weighted by atomic mass is 35.5. The standard InChI is InChI=1S/C32H40ClFN4O3/c1-20-27(29(35-41-20)28-25(33)8-5-9-26(28)34)31(40)38(19-22-10-11-23-18-24(22)32(23,2)3)17-14-36-12-15-37(16-13-36)30(39)21-6-4-7-21/h5,8-10,21,23-24H,4,6-7,11-19H2,1-3H3. The first-order valence-corrected chi connectivity index (χ1v) is 15.4. The van der Waals surface area contributed by atoms with Gasteiger partial charge in [-0.25, -0.2) is 4.39 Å². The second-order valence-electron chi connectivity index (χ2n) is 12.9. The Morgan fingerprint density at radius 1 is 1.20 bits per heavy atom. The highest BCUT2D eigenvalue weighted by molar-refractivity contribution is 6.33. The Hall–Kier alpha value is -2.71. The van der Waals surface area contributed by atoms with E-state index in [1.807, 2.05) is 9.80 Å². The molecule has 4 aliphatic carbocycles. The van der Waals surface area contributed by atoms with Crippen molar-refractivity contribution in [3.63, 3.8) is 0 Å². The molecule has 1 aromatic heterocycles. The third kappa shape index (κ3) is 5.22. The summed E-state index contributed by atoms with van der Waals surface area (Å²) in [7, 11) is 0. The molecule has 7 nitrogen and oxygen atoms in total. The summed E-state index contributed by atoms with van der Waals surface area (Å²) in [5, 5.41) is 4.28. The van der Waals surface area contributed by atoms with Crippen LogP contribution in [0.3, 0.4) is 0 Å². The second-order valence-corrected chi connectivity index (χ2v) is 13.3. The van der Waals surface area contributed by atoms with E-state index in [-0.39, 0.29) is 39.1 Å². The summed E-state index contributed by atoms with van der Waals surface area (Å²) >= 11 is 6.38. The first-order valence-electron chi connectivity index (χ1n) is 15.0. The van der Waals surface area contributed by atoms with Gasteiger partial charge >= 0.3 is 0 Å². The van der Waals surface area contributed by atoms with Crippen molar-refractivity contribution in [1.29, 1.82) is 0 Å². The van der Waals surface area contributed by atoms with Crippen LogP contribution in [0.15, 0.2) is 34.4 Å². The van der Waals surface area contributed by atoms with Gasteiger partial charge in [-0.15, -0.1) is 0 Å². The van der Waals surface area contributed by atoms with Gasteiger partial charge in [-0.05, 0) is 62.0 Å². The first-order chi connectivity index (χ1) is 19.6. The average molecular weight is 583 g/mol. The quantitative estimate of drug-likeness (QED) is 0.367. The number of rotatable bonds is 8. The van der Waals surface area contributed by atoms with Gasteiger partial charge in [0.05, 0.1) is 10.6 Å². The zero-order chi connectivity index (χ0) is 28.9. The molecule has 2 aromatic rings. The molecule has 1 saturated heterocycles. The van der Waals surface area contributed by atoms with Gasteiger partial charge in [-0.1, -0.05) is 54.7 Å². The summed E-state index contributed by atoms with van der Waals surface area (Å²) in [6.07, 6.45) is 7.73. The van der Waals surface area contributed by atoms with Crippen LogP contribution in [0.1, 0.15) is 62.1 Å². The molecule has 0 spiro atoms. The largest absolute Gasteiger partial charge is 0.360 e. The number of carbonyl (C=O) groups excluding carboxylic acids is 2. The molecular formula is C32H40ClFN4O3. The number of piperazine rings is 1. The fourth-order valence-corrected chi connectivity index (χ4v) is 7.43. The predicted molar refractivity (Wildman–Crippen MR) is 156 cm³/mol. The Bertz CT molecular complexity index is 1340. The van der Waals surface area contributed by atoms with E-state index in [4.69, 9.17) is 16.1 Å². The van der Waals surface area contributed by atoms with Gasteiger partial charge in [0, 0.05) is 51.7 Å². The summed E-state index contributed by atoms with van der Waals surface area (Å²) in [6, 6.07) is 4.44. The maximum Gasteiger partial charge on any atom is 0.260 e. The molecule has 3 fully saturated rings. The molecule has 0 N–H and O–H groups in total. The van der Waals surface area contributed by atoms with E-state index < -0.39 is 5.82 Å². The molecule has 1 aliphatic heterocycles. The Morgan fingerprint density at radius 3 is 2.59 bits per heavy atom. The number of fused-ring (bicyclic) bond motifs is 1. The number of benzene rings is 1. The minimum absolute atomic E-state index is 0.0846. The molecular weight excluding hydrogens is 543 g/mol.